The topological polar surface area (TPSA) is 50.9 Å². The van der Waals surface area contributed by atoms with Gasteiger partial charge in [-0.15, -0.1) is 11.3 Å². The smallest absolute Gasteiger partial charge is 0.0897 e. The second-order valence-corrected chi connectivity index (χ2v) is 9.11. The molecule has 21 heavy (non-hydrogen) atoms. The Morgan fingerprint density at radius 2 is 1.90 bits per heavy atom. The van der Waals surface area contributed by atoms with E-state index in [1.165, 1.54) is 50.6 Å². The summed E-state index contributed by atoms with van der Waals surface area (Å²) in [5.41, 5.74) is 4.91. The molecule has 4 fully saturated rings. The summed E-state index contributed by atoms with van der Waals surface area (Å²) in [5.74, 6) is 8.96. The van der Waals surface area contributed by atoms with Crippen molar-refractivity contribution in [3.8, 4) is 0 Å². The molecule has 0 aliphatic heterocycles. The van der Waals surface area contributed by atoms with Crippen LogP contribution in [0.2, 0.25) is 0 Å². The van der Waals surface area contributed by atoms with Crippen molar-refractivity contribution >= 4 is 11.3 Å². The highest BCUT2D eigenvalue weighted by Crippen LogP contribution is 2.61. The lowest BCUT2D eigenvalue weighted by molar-refractivity contribution is -0.0620. The van der Waals surface area contributed by atoms with Gasteiger partial charge in [-0.25, -0.2) is 4.98 Å². The predicted octanol–water partition coefficient (Wildman–Crippen LogP) is 3.43. The maximum Gasteiger partial charge on any atom is 0.0897 e. The van der Waals surface area contributed by atoms with Gasteiger partial charge < -0.3 is 0 Å². The first kappa shape index (κ1) is 14.2. The van der Waals surface area contributed by atoms with Crippen LogP contribution in [0.5, 0.6) is 0 Å². The highest BCUT2D eigenvalue weighted by atomic mass is 32.1. The number of hydrogen-bond acceptors (Lipinski definition) is 4. The highest BCUT2D eigenvalue weighted by Gasteiger charge is 2.51. The van der Waals surface area contributed by atoms with Crippen molar-refractivity contribution < 1.29 is 0 Å². The average Bonchev–Trinajstić information content (AvgIpc) is 2.81. The van der Waals surface area contributed by atoms with Crippen LogP contribution in [-0.4, -0.2) is 11.0 Å². The van der Waals surface area contributed by atoms with Gasteiger partial charge in [-0.05, 0) is 75.0 Å². The third-order valence-corrected chi connectivity index (χ3v) is 7.02. The van der Waals surface area contributed by atoms with Crippen LogP contribution < -0.4 is 11.3 Å². The van der Waals surface area contributed by atoms with Crippen molar-refractivity contribution in [2.24, 2.45) is 29.0 Å². The fourth-order valence-corrected chi connectivity index (χ4v) is 6.63. The van der Waals surface area contributed by atoms with Crippen molar-refractivity contribution in [2.75, 3.05) is 0 Å². The van der Waals surface area contributed by atoms with E-state index in [0.29, 0.717) is 11.5 Å². The van der Waals surface area contributed by atoms with E-state index in [0.717, 1.165) is 29.2 Å². The first-order valence-electron chi connectivity index (χ1n) is 8.51. The summed E-state index contributed by atoms with van der Waals surface area (Å²) in [6.45, 7) is 2.08. The first-order valence-corrected chi connectivity index (χ1v) is 9.39. The van der Waals surface area contributed by atoms with Gasteiger partial charge in [0.1, 0.15) is 0 Å². The molecule has 3 N–H and O–H groups in total. The Hall–Kier alpha value is -0.450. The summed E-state index contributed by atoms with van der Waals surface area (Å²) in [5, 5.41) is 3.36. The summed E-state index contributed by atoms with van der Waals surface area (Å²) in [4.78, 5) is 4.62. The normalized spacial score (nSPS) is 38.9. The molecule has 4 heteroatoms. The van der Waals surface area contributed by atoms with E-state index < -0.39 is 0 Å². The largest absolute Gasteiger partial charge is 0.271 e. The number of hydrazine groups is 1. The average molecular weight is 305 g/mol. The van der Waals surface area contributed by atoms with Crippen LogP contribution in [0.25, 0.3) is 0 Å². The molecule has 0 aromatic carbocycles. The number of nitrogens with zero attached hydrogens (tertiary/aromatic N) is 1. The van der Waals surface area contributed by atoms with Gasteiger partial charge in [0.05, 0.1) is 10.7 Å². The zero-order valence-electron chi connectivity index (χ0n) is 13.0. The second-order valence-electron chi connectivity index (χ2n) is 8.05. The summed E-state index contributed by atoms with van der Waals surface area (Å²) in [7, 11) is 0. The monoisotopic (exact) mass is 305 g/mol. The van der Waals surface area contributed by atoms with Crippen LogP contribution in [0.3, 0.4) is 0 Å². The fourth-order valence-electron chi connectivity index (χ4n) is 6.01. The molecule has 1 atom stereocenters. The Kier molecular flexibility index (Phi) is 3.59. The molecule has 0 saturated heterocycles. The van der Waals surface area contributed by atoms with E-state index >= 15 is 0 Å². The van der Waals surface area contributed by atoms with E-state index in [-0.39, 0.29) is 0 Å². The number of thiazole rings is 1. The number of nitrogens with one attached hydrogen (secondary N) is 1. The summed E-state index contributed by atoms with van der Waals surface area (Å²) in [6.07, 6.45) is 11.2. The van der Waals surface area contributed by atoms with Gasteiger partial charge in [0.15, 0.2) is 0 Å². The van der Waals surface area contributed by atoms with Crippen LogP contribution in [-0.2, 0) is 6.42 Å². The van der Waals surface area contributed by atoms with E-state index in [1.54, 1.807) is 11.3 Å². The zero-order chi connectivity index (χ0) is 14.4. The summed E-state index contributed by atoms with van der Waals surface area (Å²) >= 11 is 1.75. The quantitative estimate of drug-likeness (QED) is 0.647. The predicted molar refractivity (Wildman–Crippen MR) is 86.9 cm³/mol. The summed E-state index contributed by atoms with van der Waals surface area (Å²) < 4.78 is 0. The third kappa shape index (κ3) is 2.78. The third-order valence-electron chi connectivity index (χ3n) is 6.20. The molecule has 0 spiro atoms. The lowest BCUT2D eigenvalue weighted by Crippen LogP contribution is -2.50. The number of hydrogen-bond donors (Lipinski definition) is 2. The van der Waals surface area contributed by atoms with Crippen molar-refractivity contribution in [2.45, 2.75) is 64.3 Å². The summed E-state index contributed by atoms with van der Waals surface area (Å²) in [6, 6.07) is 0.391. The Balaban J connectivity index is 1.46. The molecule has 4 aliphatic carbocycles. The molecule has 116 valence electrons. The number of rotatable bonds is 5. The first-order chi connectivity index (χ1) is 10.1. The number of aryl methyl sites for hydroxylation is 1. The van der Waals surface area contributed by atoms with Crippen molar-refractivity contribution in [1.82, 2.24) is 10.4 Å². The van der Waals surface area contributed by atoms with Crippen molar-refractivity contribution in [1.29, 1.82) is 0 Å². The molecule has 1 unspecified atom stereocenters. The molecule has 4 bridgehead atoms. The number of aromatic nitrogens is 1. The molecule has 4 aliphatic rings. The van der Waals surface area contributed by atoms with Gasteiger partial charge in [-0.1, -0.05) is 0 Å². The Morgan fingerprint density at radius 1 is 1.29 bits per heavy atom. The minimum atomic E-state index is 0.391. The molecular weight excluding hydrogens is 278 g/mol. The molecule has 5 rings (SSSR count). The highest BCUT2D eigenvalue weighted by molar-refractivity contribution is 7.09. The molecule has 3 nitrogen and oxygen atoms in total. The maximum atomic E-state index is 5.88. The van der Waals surface area contributed by atoms with Gasteiger partial charge in [0.25, 0.3) is 0 Å². The SMILES string of the molecule is Cc1nc(CC(CC23CC4CC(CC(C4)C2)C3)NN)cs1. The second kappa shape index (κ2) is 5.32. The molecule has 1 aromatic heterocycles. The Morgan fingerprint density at radius 3 is 2.38 bits per heavy atom. The van der Waals surface area contributed by atoms with Gasteiger partial charge in [0.2, 0.25) is 0 Å². The van der Waals surface area contributed by atoms with Gasteiger partial charge in [0, 0.05) is 17.8 Å². The minimum absolute atomic E-state index is 0.391. The van der Waals surface area contributed by atoms with Crippen LogP contribution in [0.15, 0.2) is 5.38 Å². The van der Waals surface area contributed by atoms with Crippen LogP contribution in [0, 0.1) is 30.1 Å². The van der Waals surface area contributed by atoms with Crippen LogP contribution in [0.4, 0.5) is 0 Å². The number of nitrogens with two attached hydrogens (primary N) is 1. The van der Waals surface area contributed by atoms with Gasteiger partial charge in [-0.2, -0.15) is 0 Å². The van der Waals surface area contributed by atoms with Crippen molar-refractivity contribution in [3.63, 3.8) is 0 Å². The fraction of sp³-hybridized carbons (Fsp3) is 0.824. The standard InChI is InChI=1S/C17H27N3S/c1-11-19-16(10-21-11)5-15(20-18)9-17-6-12-2-13(7-17)4-14(3-12)8-17/h10,12-15,20H,2-9,18H2,1H3. The zero-order valence-corrected chi connectivity index (χ0v) is 13.8. The van der Waals surface area contributed by atoms with Gasteiger partial charge in [-0.3, -0.25) is 11.3 Å². The maximum absolute atomic E-state index is 5.88. The molecular formula is C17H27N3S. The Bertz CT molecular complexity index is 475. The lowest BCUT2D eigenvalue weighted by atomic mass is 9.48. The Labute approximate surface area is 131 Å². The molecule has 1 aromatic rings. The van der Waals surface area contributed by atoms with Crippen LogP contribution >= 0.6 is 11.3 Å². The molecule has 4 saturated carbocycles. The van der Waals surface area contributed by atoms with E-state index in [2.05, 4.69) is 22.7 Å². The molecule has 0 amide bonds. The lowest BCUT2D eigenvalue weighted by Gasteiger charge is -2.57. The minimum Gasteiger partial charge on any atom is -0.271 e. The molecule has 0 radical (unpaired) electrons. The van der Waals surface area contributed by atoms with Crippen LogP contribution in [0.1, 0.15) is 55.6 Å². The van der Waals surface area contributed by atoms with Gasteiger partial charge >= 0.3 is 0 Å². The molecule has 1 heterocycles. The van der Waals surface area contributed by atoms with Crippen molar-refractivity contribution in [3.05, 3.63) is 16.1 Å². The van der Waals surface area contributed by atoms with E-state index in [1.807, 2.05) is 0 Å². The van der Waals surface area contributed by atoms with E-state index in [9.17, 15) is 0 Å². The van der Waals surface area contributed by atoms with E-state index in [4.69, 9.17) is 5.84 Å².